The lowest BCUT2D eigenvalue weighted by atomic mass is 10.1. The van der Waals surface area contributed by atoms with Gasteiger partial charge in [-0.2, -0.15) is 0 Å². The molecule has 0 aromatic heterocycles. The van der Waals surface area contributed by atoms with Crippen LogP contribution in [0, 0.1) is 0 Å². The van der Waals surface area contributed by atoms with Gasteiger partial charge in [0.15, 0.2) is 0 Å². The number of aliphatic hydroxyl groups is 1. The summed E-state index contributed by atoms with van der Waals surface area (Å²) in [5.74, 6) is 0.775. The molecule has 2 rings (SSSR count). The molecule has 3 N–H and O–H groups in total. The molecule has 0 aliphatic heterocycles. The molecule has 0 radical (unpaired) electrons. The van der Waals surface area contributed by atoms with Crippen LogP contribution in [0.3, 0.4) is 0 Å². The van der Waals surface area contributed by atoms with Crippen molar-refractivity contribution in [2.75, 3.05) is 12.3 Å². The number of ether oxygens (including phenoxy) is 1. The van der Waals surface area contributed by atoms with E-state index in [0.717, 1.165) is 16.9 Å². The van der Waals surface area contributed by atoms with E-state index in [0.29, 0.717) is 18.7 Å². The second-order valence-electron chi connectivity index (χ2n) is 4.11. The molecule has 0 atom stereocenters. The Bertz CT molecular complexity index is 497. The van der Waals surface area contributed by atoms with Crippen molar-refractivity contribution in [2.24, 2.45) is 0 Å². The number of nitrogens with two attached hydrogens (primary N) is 1. The molecule has 0 aliphatic carbocycles. The first kappa shape index (κ1) is 12.5. The molecule has 0 heterocycles. The molecule has 2 aromatic carbocycles. The third-order valence-corrected chi connectivity index (χ3v) is 2.74. The summed E-state index contributed by atoms with van der Waals surface area (Å²) in [6.45, 7) is 0.621. The minimum Gasteiger partial charge on any atom is -0.489 e. The molecular formula is C15H17NO2. The van der Waals surface area contributed by atoms with Crippen LogP contribution in [-0.4, -0.2) is 11.7 Å². The van der Waals surface area contributed by atoms with E-state index in [4.69, 9.17) is 15.6 Å². The molecule has 0 aliphatic rings. The number of aliphatic hydroxyl groups excluding tert-OH is 1. The van der Waals surface area contributed by atoms with Crippen LogP contribution in [-0.2, 0) is 13.0 Å². The molecule has 0 saturated heterocycles. The molecule has 0 bridgehead atoms. The molecule has 94 valence electrons. The zero-order valence-electron chi connectivity index (χ0n) is 10.2. The number of nitrogen functional groups attached to an aromatic ring is 1. The molecule has 0 unspecified atom stereocenters. The van der Waals surface area contributed by atoms with E-state index in [1.54, 1.807) is 0 Å². The van der Waals surface area contributed by atoms with Crippen molar-refractivity contribution in [3.8, 4) is 5.75 Å². The molecule has 2 aromatic rings. The van der Waals surface area contributed by atoms with Gasteiger partial charge in [-0.1, -0.05) is 30.3 Å². The van der Waals surface area contributed by atoms with Crippen molar-refractivity contribution >= 4 is 5.69 Å². The Morgan fingerprint density at radius 3 is 2.56 bits per heavy atom. The Balaban J connectivity index is 2.03. The van der Waals surface area contributed by atoms with Crippen LogP contribution in [0.25, 0.3) is 0 Å². The summed E-state index contributed by atoms with van der Waals surface area (Å²) in [6, 6.07) is 15.5. The fourth-order valence-corrected chi connectivity index (χ4v) is 1.75. The summed E-state index contributed by atoms with van der Waals surface area (Å²) >= 11 is 0. The Morgan fingerprint density at radius 2 is 1.83 bits per heavy atom. The van der Waals surface area contributed by atoms with Gasteiger partial charge >= 0.3 is 0 Å². The predicted molar refractivity (Wildman–Crippen MR) is 72.4 cm³/mol. The van der Waals surface area contributed by atoms with Crippen LogP contribution < -0.4 is 10.5 Å². The van der Waals surface area contributed by atoms with Crippen molar-refractivity contribution in [2.45, 2.75) is 13.0 Å². The quantitative estimate of drug-likeness (QED) is 0.793. The molecule has 3 heteroatoms. The van der Waals surface area contributed by atoms with E-state index >= 15 is 0 Å². The van der Waals surface area contributed by atoms with E-state index in [2.05, 4.69) is 0 Å². The van der Waals surface area contributed by atoms with E-state index in [1.807, 2.05) is 48.5 Å². The summed E-state index contributed by atoms with van der Waals surface area (Å²) in [5, 5.41) is 8.95. The fourth-order valence-electron chi connectivity index (χ4n) is 1.75. The molecule has 0 amide bonds. The maximum absolute atomic E-state index is 8.95. The Hall–Kier alpha value is -2.00. The summed E-state index contributed by atoms with van der Waals surface area (Å²) in [4.78, 5) is 0. The monoisotopic (exact) mass is 243 g/mol. The van der Waals surface area contributed by atoms with Crippen molar-refractivity contribution in [1.82, 2.24) is 0 Å². The highest BCUT2D eigenvalue weighted by molar-refractivity contribution is 5.50. The topological polar surface area (TPSA) is 55.5 Å². The van der Waals surface area contributed by atoms with Crippen LogP contribution in [0.1, 0.15) is 11.1 Å². The summed E-state index contributed by atoms with van der Waals surface area (Å²) in [6.07, 6.45) is 0.550. The molecule has 0 fully saturated rings. The normalized spacial score (nSPS) is 10.3. The van der Waals surface area contributed by atoms with Crippen LogP contribution >= 0.6 is 0 Å². The van der Waals surface area contributed by atoms with E-state index in [1.165, 1.54) is 0 Å². The predicted octanol–water partition coefficient (Wildman–Crippen LogP) is 2.38. The average Bonchev–Trinajstić information content (AvgIpc) is 2.41. The van der Waals surface area contributed by atoms with Crippen molar-refractivity contribution in [3.05, 3.63) is 59.7 Å². The summed E-state index contributed by atoms with van der Waals surface area (Å²) < 4.78 is 5.70. The number of anilines is 1. The first-order chi connectivity index (χ1) is 8.79. The third kappa shape index (κ3) is 3.25. The van der Waals surface area contributed by atoms with E-state index in [-0.39, 0.29) is 6.61 Å². The molecule has 0 spiro atoms. The largest absolute Gasteiger partial charge is 0.489 e. The van der Waals surface area contributed by atoms with Gasteiger partial charge < -0.3 is 15.6 Å². The zero-order chi connectivity index (χ0) is 12.8. The first-order valence-corrected chi connectivity index (χ1v) is 5.95. The number of hydrogen-bond donors (Lipinski definition) is 2. The summed E-state index contributed by atoms with van der Waals surface area (Å²) in [7, 11) is 0. The Labute approximate surface area is 107 Å². The van der Waals surface area contributed by atoms with Gasteiger partial charge in [0.2, 0.25) is 0 Å². The van der Waals surface area contributed by atoms with Gasteiger partial charge in [0.1, 0.15) is 12.4 Å². The third-order valence-electron chi connectivity index (χ3n) is 2.74. The van der Waals surface area contributed by atoms with Gasteiger partial charge in [-0.15, -0.1) is 0 Å². The lowest BCUT2D eigenvalue weighted by Crippen LogP contribution is -2.00. The highest BCUT2D eigenvalue weighted by Crippen LogP contribution is 2.21. The second kappa shape index (κ2) is 6.07. The summed E-state index contributed by atoms with van der Waals surface area (Å²) in [5.41, 5.74) is 8.55. The first-order valence-electron chi connectivity index (χ1n) is 5.95. The maximum atomic E-state index is 8.95. The van der Waals surface area contributed by atoms with Crippen LogP contribution in [0.15, 0.2) is 48.5 Å². The average molecular weight is 243 g/mol. The maximum Gasteiger partial charge on any atom is 0.120 e. The molecule has 18 heavy (non-hydrogen) atoms. The van der Waals surface area contributed by atoms with Gasteiger partial charge in [0.25, 0.3) is 0 Å². The van der Waals surface area contributed by atoms with Crippen LogP contribution in [0.5, 0.6) is 5.75 Å². The van der Waals surface area contributed by atoms with Crippen molar-refractivity contribution < 1.29 is 9.84 Å². The standard InChI is InChI=1S/C15H17NO2/c16-15-7-6-14(10-13(15)8-9-17)18-11-12-4-2-1-3-5-12/h1-7,10,17H,8-9,11,16H2. The lowest BCUT2D eigenvalue weighted by Gasteiger charge is -2.09. The minimum atomic E-state index is 0.0896. The van der Waals surface area contributed by atoms with E-state index in [9.17, 15) is 0 Å². The van der Waals surface area contributed by atoms with Gasteiger partial charge in [0.05, 0.1) is 0 Å². The van der Waals surface area contributed by atoms with E-state index < -0.39 is 0 Å². The van der Waals surface area contributed by atoms with Gasteiger partial charge in [0, 0.05) is 12.3 Å². The number of hydrogen-bond acceptors (Lipinski definition) is 3. The van der Waals surface area contributed by atoms with Crippen molar-refractivity contribution in [3.63, 3.8) is 0 Å². The number of rotatable bonds is 5. The lowest BCUT2D eigenvalue weighted by molar-refractivity contribution is 0.297. The highest BCUT2D eigenvalue weighted by atomic mass is 16.5. The SMILES string of the molecule is Nc1ccc(OCc2ccccc2)cc1CCO. The molecular weight excluding hydrogens is 226 g/mol. The van der Waals surface area contributed by atoms with Crippen LogP contribution in [0.4, 0.5) is 5.69 Å². The smallest absolute Gasteiger partial charge is 0.120 e. The zero-order valence-corrected chi connectivity index (χ0v) is 10.2. The van der Waals surface area contributed by atoms with Crippen molar-refractivity contribution in [1.29, 1.82) is 0 Å². The van der Waals surface area contributed by atoms with Gasteiger partial charge in [-0.3, -0.25) is 0 Å². The minimum absolute atomic E-state index is 0.0896. The van der Waals surface area contributed by atoms with Gasteiger partial charge in [-0.05, 0) is 35.7 Å². The highest BCUT2D eigenvalue weighted by Gasteiger charge is 2.02. The fraction of sp³-hybridized carbons (Fsp3) is 0.200. The molecule has 0 saturated carbocycles. The second-order valence-corrected chi connectivity index (χ2v) is 4.11. The Morgan fingerprint density at radius 1 is 1.06 bits per heavy atom. The Kier molecular flexibility index (Phi) is 4.20. The number of benzene rings is 2. The van der Waals surface area contributed by atoms with Crippen LogP contribution in [0.2, 0.25) is 0 Å². The van der Waals surface area contributed by atoms with Gasteiger partial charge in [-0.25, -0.2) is 0 Å². The molecule has 3 nitrogen and oxygen atoms in total.